The highest BCUT2D eigenvalue weighted by molar-refractivity contribution is 5.78. The molecule has 0 radical (unpaired) electrons. The number of esters is 2. The number of likely N-dealkylation sites (tertiary alicyclic amines) is 1. The summed E-state index contributed by atoms with van der Waals surface area (Å²) >= 11 is 0. The molecule has 1 heterocycles. The van der Waals surface area contributed by atoms with Gasteiger partial charge in [-0.25, -0.2) is 0 Å². The van der Waals surface area contributed by atoms with Crippen molar-refractivity contribution in [2.24, 2.45) is 11.8 Å². The molecule has 1 aliphatic rings. The van der Waals surface area contributed by atoms with Gasteiger partial charge in [-0.05, 0) is 76.3 Å². The molecule has 1 fully saturated rings. The minimum Gasteiger partial charge on any atom is -0.466 e. The standard InChI is InChI=1S/C47H90N2O5/c1-5-9-17-27-42(28-18-10-6-2)35-39-53-46(51)33-23-15-13-14-21-31-44(48-45(50)41-49-37-25-26-38-49)32-22-16-24-34-47(52)54-40-36-43(29-19-11-7-3)30-20-12-8-4/h42-44H,5-41H2,1-4H3,(H,48,50). The van der Waals surface area contributed by atoms with Crippen molar-refractivity contribution in [1.29, 1.82) is 0 Å². The molecule has 1 aliphatic heterocycles. The topological polar surface area (TPSA) is 84.9 Å². The number of nitrogens with zero attached hydrogens (tertiary/aromatic N) is 1. The van der Waals surface area contributed by atoms with Gasteiger partial charge in [-0.3, -0.25) is 19.3 Å². The molecular formula is C47H90N2O5. The van der Waals surface area contributed by atoms with Gasteiger partial charge in [-0.1, -0.05) is 169 Å². The first-order valence-corrected chi connectivity index (χ1v) is 23.7. The first kappa shape index (κ1) is 50.4. The maximum absolute atomic E-state index is 12.9. The fourth-order valence-corrected chi connectivity index (χ4v) is 8.15. The maximum atomic E-state index is 12.9. The van der Waals surface area contributed by atoms with Gasteiger partial charge in [0.1, 0.15) is 0 Å². The second kappa shape index (κ2) is 37.0. The summed E-state index contributed by atoms with van der Waals surface area (Å²) in [4.78, 5) is 40.0. The van der Waals surface area contributed by atoms with Gasteiger partial charge < -0.3 is 14.8 Å². The molecule has 0 aliphatic carbocycles. The summed E-state index contributed by atoms with van der Waals surface area (Å²) in [5, 5.41) is 3.36. The van der Waals surface area contributed by atoms with Crippen molar-refractivity contribution in [2.75, 3.05) is 32.8 Å². The summed E-state index contributed by atoms with van der Waals surface area (Å²) in [6.07, 6.45) is 35.9. The minimum atomic E-state index is -0.0520. The van der Waals surface area contributed by atoms with Gasteiger partial charge in [0.15, 0.2) is 0 Å². The Morgan fingerprint density at radius 3 is 1.28 bits per heavy atom. The molecule has 0 aromatic carbocycles. The van der Waals surface area contributed by atoms with Gasteiger partial charge in [0.25, 0.3) is 0 Å². The molecular weight excluding hydrogens is 673 g/mol. The maximum Gasteiger partial charge on any atom is 0.305 e. The van der Waals surface area contributed by atoms with Crippen LogP contribution in [0.25, 0.3) is 0 Å². The predicted molar refractivity (Wildman–Crippen MR) is 228 cm³/mol. The van der Waals surface area contributed by atoms with Crippen LogP contribution in [0, 0.1) is 11.8 Å². The van der Waals surface area contributed by atoms with E-state index in [-0.39, 0.29) is 23.9 Å². The van der Waals surface area contributed by atoms with Gasteiger partial charge in [0, 0.05) is 18.9 Å². The molecule has 0 saturated carbocycles. The van der Waals surface area contributed by atoms with E-state index in [1.165, 1.54) is 116 Å². The Labute approximate surface area is 335 Å². The third-order valence-corrected chi connectivity index (χ3v) is 11.7. The summed E-state index contributed by atoms with van der Waals surface area (Å²) in [7, 11) is 0. The molecule has 0 bridgehead atoms. The second-order valence-electron chi connectivity index (χ2n) is 16.9. The molecule has 1 N–H and O–H groups in total. The van der Waals surface area contributed by atoms with Crippen molar-refractivity contribution < 1.29 is 23.9 Å². The number of nitrogens with one attached hydrogen (secondary N) is 1. The Balaban J connectivity index is 2.31. The quantitative estimate of drug-likeness (QED) is 0.0496. The van der Waals surface area contributed by atoms with E-state index in [4.69, 9.17) is 9.47 Å². The highest BCUT2D eigenvalue weighted by Crippen LogP contribution is 2.23. The van der Waals surface area contributed by atoms with Crippen LogP contribution in [0.5, 0.6) is 0 Å². The van der Waals surface area contributed by atoms with E-state index in [0.717, 1.165) is 90.1 Å². The first-order chi connectivity index (χ1) is 26.4. The highest BCUT2D eigenvalue weighted by atomic mass is 16.5. The lowest BCUT2D eigenvalue weighted by molar-refractivity contribution is -0.145. The van der Waals surface area contributed by atoms with Crippen LogP contribution in [0.2, 0.25) is 0 Å². The fourth-order valence-electron chi connectivity index (χ4n) is 8.15. The van der Waals surface area contributed by atoms with Crippen molar-refractivity contribution in [1.82, 2.24) is 10.2 Å². The first-order valence-electron chi connectivity index (χ1n) is 23.7. The van der Waals surface area contributed by atoms with Gasteiger partial charge in [0.05, 0.1) is 19.8 Å². The van der Waals surface area contributed by atoms with E-state index in [1.54, 1.807) is 0 Å². The summed E-state index contributed by atoms with van der Waals surface area (Å²) in [6.45, 7) is 12.7. The van der Waals surface area contributed by atoms with Crippen LogP contribution >= 0.6 is 0 Å². The zero-order valence-electron chi connectivity index (χ0n) is 36.4. The Morgan fingerprint density at radius 1 is 0.481 bits per heavy atom. The smallest absolute Gasteiger partial charge is 0.305 e. The van der Waals surface area contributed by atoms with E-state index in [2.05, 4.69) is 37.9 Å². The van der Waals surface area contributed by atoms with Crippen LogP contribution in [0.1, 0.15) is 233 Å². The molecule has 1 amide bonds. The summed E-state index contributed by atoms with van der Waals surface area (Å²) < 4.78 is 11.3. The van der Waals surface area contributed by atoms with E-state index >= 15 is 0 Å². The molecule has 0 spiro atoms. The molecule has 7 nitrogen and oxygen atoms in total. The van der Waals surface area contributed by atoms with Crippen molar-refractivity contribution >= 4 is 17.8 Å². The van der Waals surface area contributed by atoms with E-state index < -0.39 is 0 Å². The molecule has 1 unspecified atom stereocenters. The van der Waals surface area contributed by atoms with Gasteiger partial charge in [0.2, 0.25) is 5.91 Å². The van der Waals surface area contributed by atoms with E-state index in [9.17, 15) is 14.4 Å². The SMILES string of the molecule is CCCCCC(CCCCC)CCOC(=O)CCCCCCCC(CCCCCC(=O)OCCC(CCCCC)CCCCC)NC(=O)CN1CCCC1. The van der Waals surface area contributed by atoms with Gasteiger partial charge >= 0.3 is 11.9 Å². The van der Waals surface area contributed by atoms with Crippen molar-refractivity contribution in [2.45, 2.75) is 239 Å². The number of hydrogen-bond donors (Lipinski definition) is 1. The van der Waals surface area contributed by atoms with Crippen LogP contribution in [0.15, 0.2) is 0 Å². The number of carbonyl (C=O) groups excluding carboxylic acids is 3. The number of ether oxygens (including phenoxy) is 2. The van der Waals surface area contributed by atoms with Crippen LogP contribution in [-0.2, 0) is 23.9 Å². The lowest BCUT2D eigenvalue weighted by atomic mass is 9.92. The average Bonchev–Trinajstić information content (AvgIpc) is 3.67. The molecule has 0 aromatic heterocycles. The number of carbonyl (C=O) groups is 3. The fraction of sp³-hybridized carbons (Fsp3) is 0.936. The van der Waals surface area contributed by atoms with Crippen molar-refractivity contribution in [3.05, 3.63) is 0 Å². The minimum absolute atomic E-state index is 0.0332. The van der Waals surface area contributed by atoms with Gasteiger partial charge in [-0.15, -0.1) is 0 Å². The van der Waals surface area contributed by atoms with Crippen molar-refractivity contribution in [3.8, 4) is 0 Å². The molecule has 54 heavy (non-hydrogen) atoms. The highest BCUT2D eigenvalue weighted by Gasteiger charge is 2.18. The van der Waals surface area contributed by atoms with Crippen LogP contribution < -0.4 is 5.32 Å². The summed E-state index contributed by atoms with van der Waals surface area (Å²) in [6, 6.07) is 0.187. The molecule has 7 heteroatoms. The Kier molecular flexibility index (Phi) is 34.5. The molecule has 1 saturated heterocycles. The van der Waals surface area contributed by atoms with E-state index in [0.29, 0.717) is 44.4 Å². The number of amides is 1. The zero-order chi connectivity index (χ0) is 39.3. The van der Waals surface area contributed by atoms with Crippen LogP contribution in [0.4, 0.5) is 0 Å². The Hall–Kier alpha value is -1.63. The van der Waals surface area contributed by atoms with Crippen molar-refractivity contribution in [3.63, 3.8) is 0 Å². The van der Waals surface area contributed by atoms with Gasteiger partial charge in [-0.2, -0.15) is 0 Å². The zero-order valence-corrected chi connectivity index (χ0v) is 36.4. The summed E-state index contributed by atoms with van der Waals surface area (Å²) in [5.74, 6) is 1.45. The van der Waals surface area contributed by atoms with Crippen LogP contribution in [-0.4, -0.2) is 61.6 Å². The number of rotatable bonds is 39. The average molecular weight is 763 g/mol. The second-order valence-corrected chi connectivity index (χ2v) is 16.9. The molecule has 318 valence electrons. The normalized spacial score (nSPS) is 13.9. The lowest BCUT2D eigenvalue weighted by Crippen LogP contribution is -2.41. The lowest BCUT2D eigenvalue weighted by Gasteiger charge is -2.21. The third-order valence-electron chi connectivity index (χ3n) is 11.7. The molecule has 1 rings (SSSR count). The monoisotopic (exact) mass is 763 g/mol. The third kappa shape index (κ3) is 30.6. The van der Waals surface area contributed by atoms with E-state index in [1.807, 2.05) is 0 Å². The largest absolute Gasteiger partial charge is 0.466 e. The molecule has 0 aromatic rings. The molecule has 1 atom stereocenters. The summed E-state index contributed by atoms with van der Waals surface area (Å²) in [5.41, 5.74) is 0. The number of unbranched alkanes of at least 4 members (excludes halogenated alkanes) is 14. The van der Waals surface area contributed by atoms with Crippen LogP contribution in [0.3, 0.4) is 0 Å². The Morgan fingerprint density at radius 2 is 0.852 bits per heavy atom. The number of hydrogen-bond acceptors (Lipinski definition) is 6. The predicted octanol–water partition coefficient (Wildman–Crippen LogP) is 12.7. The Bertz CT molecular complexity index is 856.